The van der Waals surface area contributed by atoms with Gasteiger partial charge in [0.25, 0.3) is 0 Å². The van der Waals surface area contributed by atoms with Crippen molar-refractivity contribution in [1.82, 2.24) is 14.7 Å². The van der Waals surface area contributed by atoms with Crippen molar-refractivity contribution >= 4 is 23.8 Å². The second kappa shape index (κ2) is 11.5. The Morgan fingerprint density at radius 2 is 1.12 bits per heavy atom. The standard InChI is InChI=1S/C27H37N3O3/c31-25(11-10-22-8-4-3-5-9-22)28-18-12-23(13-19-28)27(33)30-20-14-24(15-21-30)26(32)29-16-6-1-2-7-17-29/h3-5,8-11,23-24H,1-2,6-7,12-21H2/b11-10+. The highest BCUT2D eigenvalue weighted by Crippen LogP contribution is 2.26. The lowest BCUT2D eigenvalue weighted by atomic mass is 9.91. The number of hydrogen-bond acceptors (Lipinski definition) is 3. The fraction of sp³-hybridized carbons (Fsp3) is 0.593. The van der Waals surface area contributed by atoms with E-state index in [0.717, 1.165) is 57.2 Å². The second-order valence-corrected chi connectivity index (χ2v) is 9.68. The van der Waals surface area contributed by atoms with Gasteiger partial charge in [-0.2, -0.15) is 0 Å². The van der Waals surface area contributed by atoms with Gasteiger partial charge in [0.05, 0.1) is 0 Å². The maximum atomic E-state index is 13.1. The Labute approximate surface area is 197 Å². The van der Waals surface area contributed by atoms with Crippen LogP contribution < -0.4 is 0 Å². The van der Waals surface area contributed by atoms with Crippen molar-refractivity contribution in [2.24, 2.45) is 11.8 Å². The van der Waals surface area contributed by atoms with Gasteiger partial charge in [-0.3, -0.25) is 14.4 Å². The Morgan fingerprint density at radius 1 is 0.636 bits per heavy atom. The number of benzene rings is 1. The number of rotatable bonds is 4. The third-order valence-corrected chi connectivity index (χ3v) is 7.45. The molecule has 0 aliphatic carbocycles. The van der Waals surface area contributed by atoms with Crippen molar-refractivity contribution in [2.45, 2.75) is 51.4 Å². The van der Waals surface area contributed by atoms with Gasteiger partial charge >= 0.3 is 0 Å². The molecule has 4 rings (SSSR count). The van der Waals surface area contributed by atoms with E-state index in [1.807, 2.05) is 46.2 Å². The zero-order valence-corrected chi connectivity index (χ0v) is 19.7. The molecule has 0 N–H and O–H groups in total. The van der Waals surface area contributed by atoms with Gasteiger partial charge in [0, 0.05) is 57.2 Å². The predicted octanol–water partition coefficient (Wildman–Crippen LogP) is 3.58. The summed E-state index contributed by atoms with van der Waals surface area (Å²) in [6.45, 7) is 4.41. The normalized spacial score (nSPS) is 21.3. The summed E-state index contributed by atoms with van der Waals surface area (Å²) in [5.41, 5.74) is 1.01. The van der Waals surface area contributed by atoms with Crippen LogP contribution in [0.25, 0.3) is 6.08 Å². The van der Waals surface area contributed by atoms with E-state index in [1.165, 1.54) is 12.8 Å². The fourth-order valence-corrected chi connectivity index (χ4v) is 5.34. The molecule has 0 aromatic heterocycles. The summed E-state index contributed by atoms with van der Waals surface area (Å²) in [4.78, 5) is 44.4. The molecule has 6 heteroatoms. The summed E-state index contributed by atoms with van der Waals surface area (Å²) >= 11 is 0. The van der Waals surface area contributed by atoms with Crippen LogP contribution in [0.2, 0.25) is 0 Å². The second-order valence-electron chi connectivity index (χ2n) is 9.68. The van der Waals surface area contributed by atoms with Crippen LogP contribution in [-0.2, 0) is 14.4 Å². The van der Waals surface area contributed by atoms with Gasteiger partial charge in [-0.05, 0) is 50.2 Å². The Balaban J connectivity index is 1.20. The van der Waals surface area contributed by atoms with E-state index in [4.69, 9.17) is 0 Å². The molecular weight excluding hydrogens is 414 g/mol. The summed E-state index contributed by atoms with van der Waals surface area (Å²) < 4.78 is 0. The van der Waals surface area contributed by atoms with E-state index in [2.05, 4.69) is 4.90 Å². The number of piperidine rings is 2. The molecule has 0 saturated carbocycles. The summed E-state index contributed by atoms with van der Waals surface area (Å²) in [7, 11) is 0. The Hall–Kier alpha value is -2.63. The third-order valence-electron chi connectivity index (χ3n) is 7.45. The van der Waals surface area contributed by atoms with E-state index >= 15 is 0 Å². The quantitative estimate of drug-likeness (QED) is 0.658. The van der Waals surface area contributed by atoms with E-state index < -0.39 is 0 Å². The Morgan fingerprint density at radius 3 is 1.67 bits per heavy atom. The largest absolute Gasteiger partial charge is 0.342 e. The average Bonchev–Trinajstić information content (AvgIpc) is 3.17. The number of carbonyl (C=O) groups excluding carboxylic acids is 3. The Kier molecular flexibility index (Phi) is 8.19. The highest BCUT2D eigenvalue weighted by molar-refractivity contribution is 5.92. The van der Waals surface area contributed by atoms with Crippen molar-refractivity contribution in [3.05, 3.63) is 42.0 Å². The third kappa shape index (κ3) is 6.24. The maximum Gasteiger partial charge on any atom is 0.246 e. The lowest BCUT2D eigenvalue weighted by molar-refractivity contribution is -0.144. The van der Waals surface area contributed by atoms with Crippen LogP contribution in [0, 0.1) is 11.8 Å². The van der Waals surface area contributed by atoms with Crippen molar-refractivity contribution in [1.29, 1.82) is 0 Å². The number of likely N-dealkylation sites (tertiary alicyclic amines) is 3. The number of carbonyl (C=O) groups is 3. The van der Waals surface area contributed by atoms with Crippen LogP contribution in [0.3, 0.4) is 0 Å². The van der Waals surface area contributed by atoms with Crippen molar-refractivity contribution < 1.29 is 14.4 Å². The summed E-state index contributed by atoms with van der Waals surface area (Å²) in [6.07, 6.45) is 11.2. The van der Waals surface area contributed by atoms with Gasteiger partial charge in [0.15, 0.2) is 0 Å². The molecule has 3 aliphatic heterocycles. The number of nitrogens with zero attached hydrogens (tertiary/aromatic N) is 3. The molecule has 0 spiro atoms. The van der Waals surface area contributed by atoms with E-state index in [-0.39, 0.29) is 23.7 Å². The average molecular weight is 452 g/mol. The fourth-order valence-electron chi connectivity index (χ4n) is 5.34. The molecule has 3 saturated heterocycles. The minimum atomic E-state index is -0.00925. The minimum Gasteiger partial charge on any atom is -0.342 e. The highest BCUT2D eigenvalue weighted by Gasteiger charge is 2.34. The summed E-state index contributed by atoms with van der Waals surface area (Å²) in [6, 6.07) is 9.81. The van der Waals surface area contributed by atoms with E-state index in [0.29, 0.717) is 32.1 Å². The van der Waals surface area contributed by atoms with Crippen molar-refractivity contribution in [2.75, 3.05) is 39.3 Å². The van der Waals surface area contributed by atoms with Gasteiger partial charge in [0.2, 0.25) is 17.7 Å². The zero-order valence-electron chi connectivity index (χ0n) is 19.7. The van der Waals surface area contributed by atoms with Crippen LogP contribution in [0.15, 0.2) is 36.4 Å². The molecule has 0 radical (unpaired) electrons. The van der Waals surface area contributed by atoms with Gasteiger partial charge in [-0.1, -0.05) is 43.2 Å². The van der Waals surface area contributed by atoms with Crippen LogP contribution in [0.5, 0.6) is 0 Å². The highest BCUT2D eigenvalue weighted by atomic mass is 16.2. The van der Waals surface area contributed by atoms with Crippen LogP contribution in [0.1, 0.15) is 56.9 Å². The first-order chi connectivity index (χ1) is 16.1. The summed E-state index contributed by atoms with van der Waals surface area (Å²) in [5, 5.41) is 0. The molecule has 0 bridgehead atoms. The molecule has 0 unspecified atom stereocenters. The Bertz CT molecular complexity index is 829. The van der Waals surface area contributed by atoms with Gasteiger partial charge in [0.1, 0.15) is 0 Å². The van der Waals surface area contributed by atoms with E-state index in [9.17, 15) is 14.4 Å². The lowest BCUT2D eigenvalue weighted by Crippen LogP contribution is -2.48. The van der Waals surface area contributed by atoms with E-state index in [1.54, 1.807) is 6.08 Å². The van der Waals surface area contributed by atoms with Crippen molar-refractivity contribution in [3.63, 3.8) is 0 Å². The SMILES string of the molecule is O=C(/C=C/c1ccccc1)N1CCC(C(=O)N2CCC(C(=O)N3CCCCCC3)CC2)CC1. The van der Waals surface area contributed by atoms with Crippen LogP contribution >= 0.6 is 0 Å². The molecule has 0 atom stereocenters. The molecular formula is C27H37N3O3. The van der Waals surface area contributed by atoms with Gasteiger partial charge < -0.3 is 14.7 Å². The number of amides is 3. The minimum absolute atomic E-state index is 0.00925. The molecule has 1 aromatic carbocycles. The topological polar surface area (TPSA) is 60.9 Å². The maximum absolute atomic E-state index is 13.1. The smallest absolute Gasteiger partial charge is 0.246 e. The first-order valence-corrected chi connectivity index (χ1v) is 12.7. The molecule has 6 nitrogen and oxygen atoms in total. The molecule has 178 valence electrons. The molecule has 33 heavy (non-hydrogen) atoms. The lowest BCUT2D eigenvalue weighted by Gasteiger charge is -2.37. The van der Waals surface area contributed by atoms with Gasteiger partial charge in [-0.15, -0.1) is 0 Å². The first kappa shape index (κ1) is 23.5. The molecule has 3 heterocycles. The van der Waals surface area contributed by atoms with Gasteiger partial charge in [-0.25, -0.2) is 0 Å². The zero-order chi connectivity index (χ0) is 23.0. The molecule has 3 fully saturated rings. The molecule has 1 aromatic rings. The summed E-state index contributed by atoms with van der Waals surface area (Å²) in [5.74, 6) is 0.590. The van der Waals surface area contributed by atoms with Crippen LogP contribution in [0.4, 0.5) is 0 Å². The first-order valence-electron chi connectivity index (χ1n) is 12.7. The van der Waals surface area contributed by atoms with Crippen molar-refractivity contribution in [3.8, 4) is 0 Å². The van der Waals surface area contributed by atoms with Crippen LogP contribution in [-0.4, -0.2) is 71.7 Å². The molecule has 3 amide bonds. The predicted molar refractivity (Wildman–Crippen MR) is 129 cm³/mol. The monoisotopic (exact) mass is 451 g/mol. The molecule has 3 aliphatic rings. The number of hydrogen-bond donors (Lipinski definition) is 0.